The maximum atomic E-state index is 5.45. The van der Waals surface area contributed by atoms with Crippen molar-refractivity contribution in [3.05, 3.63) is 0 Å². The fourth-order valence-corrected chi connectivity index (χ4v) is 2.19. The molecule has 0 amide bonds. The molecule has 0 bridgehead atoms. The summed E-state index contributed by atoms with van der Waals surface area (Å²) >= 11 is 0. The first-order valence-electron chi connectivity index (χ1n) is 5.68. The lowest BCUT2D eigenvalue weighted by molar-refractivity contribution is 0.131. The van der Waals surface area contributed by atoms with Gasteiger partial charge in [-0.25, -0.2) is 0 Å². The van der Waals surface area contributed by atoms with Crippen LogP contribution in [0.3, 0.4) is 0 Å². The van der Waals surface area contributed by atoms with Crippen LogP contribution in [0.1, 0.15) is 32.6 Å². The second-order valence-electron chi connectivity index (χ2n) is 4.53. The van der Waals surface area contributed by atoms with E-state index in [1.54, 1.807) is 0 Å². The Morgan fingerprint density at radius 3 is 2.92 bits per heavy atom. The highest BCUT2D eigenvalue weighted by Gasteiger charge is 2.26. The molecule has 0 spiro atoms. The molecule has 1 unspecified atom stereocenters. The normalized spacial score (nSPS) is 28.4. The Bertz CT molecular complexity index is 148. The molecular weight excluding hydrogens is 162 g/mol. The summed E-state index contributed by atoms with van der Waals surface area (Å²) in [5, 5.41) is 0. The summed E-state index contributed by atoms with van der Waals surface area (Å²) in [6, 6.07) is 0.786. The quantitative estimate of drug-likeness (QED) is 0.662. The minimum atomic E-state index is 0.786. The van der Waals surface area contributed by atoms with Crippen LogP contribution in [0.5, 0.6) is 0 Å². The maximum Gasteiger partial charge on any atom is 0.0593 e. The molecule has 1 aliphatic carbocycles. The fourth-order valence-electron chi connectivity index (χ4n) is 2.19. The zero-order valence-electron chi connectivity index (χ0n) is 8.67. The molecule has 2 nitrogen and oxygen atoms in total. The van der Waals surface area contributed by atoms with E-state index in [9.17, 15) is 0 Å². The first-order chi connectivity index (χ1) is 6.36. The molecule has 2 heteroatoms. The van der Waals surface area contributed by atoms with Crippen LogP contribution in [-0.2, 0) is 4.74 Å². The van der Waals surface area contributed by atoms with Gasteiger partial charge in [-0.2, -0.15) is 0 Å². The first kappa shape index (κ1) is 9.47. The zero-order valence-corrected chi connectivity index (χ0v) is 8.67. The van der Waals surface area contributed by atoms with E-state index in [1.165, 1.54) is 32.2 Å². The molecule has 1 saturated carbocycles. The molecule has 1 atom stereocenters. The van der Waals surface area contributed by atoms with Gasteiger partial charge in [0.15, 0.2) is 0 Å². The van der Waals surface area contributed by atoms with Crippen molar-refractivity contribution in [3.63, 3.8) is 0 Å². The van der Waals surface area contributed by atoms with E-state index in [1.807, 2.05) is 0 Å². The third-order valence-electron chi connectivity index (χ3n) is 3.25. The van der Waals surface area contributed by atoms with Crippen molar-refractivity contribution in [2.24, 2.45) is 5.92 Å². The van der Waals surface area contributed by atoms with Crippen LogP contribution in [0.2, 0.25) is 0 Å². The summed E-state index contributed by atoms with van der Waals surface area (Å²) < 4.78 is 5.45. The molecule has 0 aromatic heterocycles. The van der Waals surface area contributed by atoms with Gasteiger partial charge >= 0.3 is 0 Å². The predicted octanol–water partition coefficient (Wildman–Crippen LogP) is 1.90. The van der Waals surface area contributed by atoms with E-state index in [2.05, 4.69) is 11.8 Å². The van der Waals surface area contributed by atoms with Gasteiger partial charge in [-0.15, -0.1) is 0 Å². The van der Waals surface area contributed by atoms with E-state index < -0.39 is 0 Å². The van der Waals surface area contributed by atoms with Crippen LogP contribution in [0, 0.1) is 5.92 Å². The van der Waals surface area contributed by atoms with Crippen molar-refractivity contribution in [2.75, 3.05) is 26.3 Å². The number of hydrogen-bond acceptors (Lipinski definition) is 2. The van der Waals surface area contributed by atoms with Crippen LogP contribution in [0.4, 0.5) is 0 Å². The zero-order chi connectivity index (χ0) is 9.10. The molecule has 2 rings (SSSR count). The number of hydrogen-bond donors (Lipinski definition) is 0. The van der Waals surface area contributed by atoms with E-state index in [0.29, 0.717) is 0 Å². The summed E-state index contributed by atoms with van der Waals surface area (Å²) in [6.07, 6.45) is 5.60. The standard InChI is InChI=1S/C11H21NO/c1-10(9-11-3-4-11)12-5-2-7-13-8-6-12/h10-11H,2-9H2,1H3. The third kappa shape index (κ3) is 2.96. The molecule has 0 aromatic rings. The van der Waals surface area contributed by atoms with Crippen LogP contribution in [-0.4, -0.2) is 37.2 Å². The summed E-state index contributed by atoms with van der Waals surface area (Å²) in [6.45, 7) is 6.67. The molecular formula is C11H21NO. The Kier molecular flexibility index (Phi) is 3.23. The lowest BCUT2D eigenvalue weighted by Crippen LogP contribution is -2.35. The first-order valence-corrected chi connectivity index (χ1v) is 5.68. The van der Waals surface area contributed by atoms with Crippen molar-refractivity contribution < 1.29 is 4.74 Å². The topological polar surface area (TPSA) is 12.5 Å². The lowest BCUT2D eigenvalue weighted by atomic mass is 10.1. The van der Waals surface area contributed by atoms with Crippen LogP contribution < -0.4 is 0 Å². The summed E-state index contributed by atoms with van der Waals surface area (Å²) in [4.78, 5) is 2.60. The Morgan fingerprint density at radius 2 is 2.15 bits per heavy atom. The molecule has 1 saturated heterocycles. The Hall–Kier alpha value is -0.0800. The fraction of sp³-hybridized carbons (Fsp3) is 1.00. The van der Waals surface area contributed by atoms with Crippen molar-refractivity contribution in [2.45, 2.75) is 38.6 Å². The highest BCUT2D eigenvalue weighted by Crippen LogP contribution is 2.34. The van der Waals surface area contributed by atoms with Crippen molar-refractivity contribution >= 4 is 0 Å². The Morgan fingerprint density at radius 1 is 1.31 bits per heavy atom. The smallest absolute Gasteiger partial charge is 0.0593 e. The average molecular weight is 183 g/mol. The Labute approximate surface area is 81.3 Å². The average Bonchev–Trinajstić information content (AvgIpc) is 2.87. The second-order valence-corrected chi connectivity index (χ2v) is 4.53. The van der Waals surface area contributed by atoms with E-state index >= 15 is 0 Å². The molecule has 0 aromatic carbocycles. The number of rotatable bonds is 3. The Balaban J connectivity index is 1.74. The second kappa shape index (κ2) is 4.43. The monoisotopic (exact) mass is 183 g/mol. The highest BCUT2D eigenvalue weighted by molar-refractivity contribution is 4.80. The van der Waals surface area contributed by atoms with Gasteiger partial charge in [0.05, 0.1) is 6.61 Å². The van der Waals surface area contributed by atoms with Crippen molar-refractivity contribution in [3.8, 4) is 0 Å². The van der Waals surface area contributed by atoms with Gasteiger partial charge in [0, 0.05) is 25.7 Å². The number of ether oxygens (including phenoxy) is 1. The van der Waals surface area contributed by atoms with E-state index in [0.717, 1.165) is 31.7 Å². The molecule has 76 valence electrons. The largest absolute Gasteiger partial charge is 0.380 e. The van der Waals surface area contributed by atoms with Gasteiger partial charge in [-0.1, -0.05) is 12.8 Å². The van der Waals surface area contributed by atoms with Crippen molar-refractivity contribution in [1.82, 2.24) is 4.90 Å². The maximum absolute atomic E-state index is 5.45. The van der Waals surface area contributed by atoms with Crippen LogP contribution >= 0.6 is 0 Å². The molecule has 2 aliphatic rings. The van der Waals surface area contributed by atoms with Gasteiger partial charge in [-0.3, -0.25) is 4.90 Å². The summed E-state index contributed by atoms with van der Waals surface area (Å²) in [5.74, 6) is 1.05. The molecule has 1 aliphatic heterocycles. The summed E-state index contributed by atoms with van der Waals surface area (Å²) in [7, 11) is 0. The van der Waals surface area contributed by atoms with Gasteiger partial charge < -0.3 is 4.74 Å². The molecule has 13 heavy (non-hydrogen) atoms. The molecule has 0 N–H and O–H groups in total. The van der Waals surface area contributed by atoms with Gasteiger partial charge in [-0.05, 0) is 25.7 Å². The minimum absolute atomic E-state index is 0.786. The van der Waals surface area contributed by atoms with Gasteiger partial charge in [0.1, 0.15) is 0 Å². The van der Waals surface area contributed by atoms with Gasteiger partial charge in [0.2, 0.25) is 0 Å². The van der Waals surface area contributed by atoms with E-state index in [4.69, 9.17) is 4.74 Å². The van der Waals surface area contributed by atoms with Crippen LogP contribution in [0.15, 0.2) is 0 Å². The highest BCUT2D eigenvalue weighted by atomic mass is 16.5. The molecule has 1 heterocycles. The predicted molar refractivity (Wildman–Crippen MR) is 53.8 cm³/mol. The van der Waals surface area contributed by atoms with E-state index in [-0.39, 0.29) is 0 Å². The SMILES string of the molecule is CC(CC1CC1)N1CCCOCC1. The number of nitrogens with zero attached hydrogens (tertiary/aromatic N) is 1. The lowest BCUT2D eigenvalue weighted by Gasteiger charge is -2.26. The summed E-state index contributed by atoms with van der Waals surface area (Å²) in [5.41, 5.74) is 0. The van der Waals surface area contributed by atoms with Crippen LogP contribution in [0.25, 0.3) is 0 Å². The van der Waals surface area contributed by atoms with Gasteiger partial charge in [0.25, 0.3) is 0 Å². The molecule has 0 radical (unpaired) electrons. The van der Waals surface area contributed by atoms with Crippen molar-refractivity contribution in [1.29, 1.82) is 0 Å². The molecule has 2 fully saturated rings. The minimum Gasteiger partial charge on any atom is -0.380 e. The third-order valence-corrected chi connectivity index (χ3v) is 3.25.